The summed E-state index contributed by atoms with van der Waals surface area (Å²) < 4.78 is 44.0. The van der Waals surface area contributed by atoms with Gasteiger partial charge in [0.25, 0.3) is 0 Å². The normalized spacial score (nSPS) is 13.3. The summed E-state index contributed by atoms with van der Waals surface area (Å²) in [4.78, 5) is 24.2. The van der Waals surface area contributed by atoms with Gasteiger partial charge in [0.2, 0.25) is 10.0 Å². The molecule has 0 amide bonds. The van der Waals surface area contributed by atoms with Crippen LogP contribution in [0.5, 0.6) is 0 Å². The Balaban J connectivity index is 1.43. The number of Topliss-reactive ketones (excluding diaryl/α,β-unsaturated/α-hetero) is 1. The molecule has 160 valence electrons. The molecule has 0 spiro atoms. The number of hydrogen-bond donors (Lipinski definition) is 0. The van der Waals surface area contributed by atoms with E-state index >= 15 is 0 Å². The Morgan fingerprint density at radius 3 is 2.50 bits per heavy atom. The molecular weight excluding hydrogens is 409 g/mol. The number of benzene rings is 2. The number of hydrogen-bond acceptors (Lipinski definition) is 5. The Labute approximate surface area is 175 Å². The van der Waals surface area contributed by atoms with Gasteiger partial charge in [-0.05, 0) is 67.1 Å². The summed E-state index contributed by atoms with van der Waals surface area (Å²) in [5.74, 6) is -1.33. The monoisotopic (exact) mass is 433 g/mol. The van der Waals surface area contributed by atoms with Crippen molar-refractivity contribution in [3.8, 4) is 0 Å². The van der Waals surface area contributed by atoms with E-state index in [-0.39, 0.29) is 36.7 Å². The van der Waals surface area contributed by atoms with Crippen LogP contribution < -0.4 is 0 Å². The van der Waals surface area contributed by atoms with Crippen LogP contribution in [0, 0.1) is 5.82 Å². The van der Waals surface area contributed by atoms with Gasteiger partial charge in [-0.25, -0.2) is 17.1 Å². The predicted octanol–water partition coefficient (Wildman–Crippen LogP) is 3.14. The van der Waals surface area contributed by atoms with Crippen molar-refractivity contribution in [3.63, 3.8) is 0 Å². The van der Waals surface area contributed by atoms with Gasteiger partial charge in [0.15, 0.2) is 12.4 Å². The molecule has 0 fully saturated rings. The largest absolute Gasteiger partial charge is 0.457 e. The lowest BCUT2D eigenvalue weighted by Crippen LogP contribution is -2.28. The molecule has 0 atom stereocenters. The fourth-order valence-electron chi connectivity index (χ4n) is 3.40. The molecule has 0 aromatic heterocycles. The lowest BCUT2D eigenvalue weighted by atomic mass is 10.0. The fourth-order valence-corrected chi connectivity index (χ4v) is 4.61. The third-order valence-corrected chi connectivity index (χ3v) is 7.03. The van der Waals surface area contributed by atoms with Crippen LogP contribution in [0.4, 0.5) is 4.39 Å². The van der Waals surface area contributed by atoms with Crippen molar-refractivity contribution in [2.24, 2.45) is 0 Å². The molecule has 30 heavy (non-hydrogen) atoms. The third-order valence-electron chi connectivity index (χ3n) is 5.16. The summed E-state index contributed by atoms with van der Waals surface area (Å²) in [6, 6.07) is 10.1. The smallest absolute Gasteiger partial charge is 0.306 e. The second kappa shape index (κ2) is 9.49. The van der Waals surface area contributed by atoms with E-state index in [9.17, 15) is 22.4 Å². The quantitative estimate of drug-likeness (QED) is 0.448. The number of halogens is 1. The third kappa shape index (κ3) is 5.31. The number of carbonyl (C=O) groups is 2. The van der Waals surface area contributed by atoms with Gasteiger partial charge >= 0.3 is 5.97 Å². The molecule has 1 aliphatic carbocycles. The molecule has 0 N–H and O–H groups in total. The van der Waals surface area contributed by atoms with Crippen LogP contribution in [0.1, 0.15) is 40.7 Å². The summed E-state index contributed by atoms with van der Waals surface area (Å²) in [6.07, 6.45) is 3.31. The highest BCUT2D eigenvalue weighted by molar-refractivity contribution is 7.89. The number of nitrogens with zero attached hydrogens (tertiary/aromatic N) is 1. The number of carbonyl (C=O) groups excluding carboxylic acids is 2. The molecule has 1 aliphatic rings. The first-order valence-corrected chi connectivity index (χ1v) is 11.2. The first-order valence-electron chi connectivity index (χ1n) is 9.80. The van der Waals surface area contributed by atoms with Crippen LogP contribution in [0.15, 0.2) is 47.4 Å². The van der Waals surface area contributed by atoms with Gasteiger partial charge in [0.1, 0.15) is 5.82 Å². The number of fused-ring (bicyclic) bond motifs is 1. The summed E-state index contributed by atoms with van der Waals surface area (Å²) >= 11 is 0. The SMILES string of the molecule is CN(CCCC(=O)OCC(=O)c1ccc2c(c1)CCC2)S(=O)(=O)c1ccc(F)cc1. The van der Waals surface area contributed by atoms with Gasteiger partial charge in [-0.15, -0.1) is 0 Å². The average molecular weight is 434 g/mol. The minimum Gasteiger partial charge on any atom is -0.457 e. The van der Waals surface area contributed by atoms with Gasteiger partial charge in [-0.3, -0.25) is 9.59 Å². The van der Waals surface area contributed by atoms with Crippen LogP contribution in [0.2, 0.25) is 0 Å². The molecule has 0 aliphatic heterocycles. The maximum absolute atomic E-state index is 13.0. The molecule has 3 rings (SSSR count). The maximum atomic E-state index is 13.0. The van der Waals surface area contributed by atoms with Gasteiger partial charge in [0, 0.05) is 25.6 Å². The molecule has 8 heteroatoms. The first kappa shape index (κ1) is 22.1. The van der Waals surface area contributed by atoms with Crippen molar-refractivity contribution in [1.29, 1.82) is 0 Å². The summed E-state index contributed by atoms with van der Waals surface area (Å²) in [5, 5.41) is 0. The lowest BCUT2D eigenvalue weighted by molar-refractivity contribution is -0.142. The summed E-state index contributed by atoms with van der Waals surface area (Å²) in [7, 11) is -2.37. The summed E-state index contributed by atoms with van der Waals surface area (Å²) in [5.41, 5.74) is 2.98. The van der Waals surface area contributed by atoms with Crippen molar-refractivity contribution in [2.45, 2.75) is 37.0 Å². The highest BCUT2D eigenvalue weighted by atomic mass is 32.2. The van der Waals surface area contributed by atoms with Crippen molar-refractivity contribution in [2.75, 3.05) is 20.2 Å². The minimum atomic E-state index is -3.76. The Morgan fingerprint density at radius 1 is 1.07 bits per heavy atom. The molecule has 6 nitrogen and oxygen atoms in total. The zero-order valence-electron chi connectivity index (χ0n) is 16.8. The number of aryl methyl sites for hydroxylation is 2. The zero-order chi connectivity index (χ0) is 21.7. The number of ether oxygens (including phenoxy) is 1. The van der Waals surface area contributed by atoms with E-state index in [1.54, 1.807) is 6.07 Å². The number of rotatable bonds is 9. The molecule has 2 aromatic carbocycles. The van der Waals surface area contributed by atoms with E-state index in [0.29, 0.717) is 5.56 Å². The van der Waals surface area contributed by atoms with E-state index in [0.717, 1.165) is 35.7 Å². The standard InChI is InChI=1S/C22H24FNO5S/c1-24(30(27,28)20-11-9-19(23)10-12-20)13-3-6-22(26)29-15-21(25)18-8-7-16-4-2-5-17(16)14-18/h7-12,14H,2-6,13,15H2,1H3. The van der Waals surface area contributed by atoms with E-state index in [2.05, 4.69) is 0 Å². The minimum absolute atomic E-state index is 0.0131. The van der Waals surface area contributed by atoms with Gasteiger partial charge in [-0.1, -0.05) is 12.1 Å². The Bertz CT molecular complexity index is 1030. The highest BCUT2D eigenvalue weighted by Crippen LogP contribution is 2.23. The molecular formula is C22H24FNO5S. The molecule has 2 aromatic rings. The topological polar surface area (TPSA) is 80.8 Å². The van der Waals surface area contributed by atoms with Crippen molar-refractivity contribution in [3.05, 3.63) is 65.0 Å². The Hall–Kier alpha value is -2.58. The van der Waals surface area contributed by atoms with E-state index in [4.69, 9.17) is 4.74 Å². The van der Waals surface area contributed by atoms with Crippen LogP contribution in [0.3, 0.4) is 0 Å². The number of sulfonamides is 1. The Morgan fingerprint density at radius 2 is 1.77 bits per heavy atom. The van der Waals surface area contributed by atoms with E-state index in [1.165, 1.54) is 30.3 Å². The van der Waals surface area contributed by atoms with Crippen LogP contribution in [-0.2, 0) is 32.4 Å². The van der Waals surface area contributed by atoms with Crippen molar-refractivity contribution < 1.29 is 27.1 Å². The molecule has 0 unspecified atom stereocenters. The molecule has 0 saturated carbocycles. The number of esters is 1. The van der Waals surface area contributed by atoms with Crippen LogP contribution in [-0.4, -0.2) is 44.7 Å². The zero-order valence-corrected chi connectivity index (χ0v) is 17.6. The van der Waals surface area contributed by atoms with Gasteiger partial charge in [0.05, 0.1) is 4.90 Å². The molecule has 0 bridgehead atoms. The van der Waals surface area contributed by atoms with E-state index < -0.39 is 21.8 Å². The van der Waals surface area contributed by atoms with Crippen molar-refractivity contribution in [1.82, 2.24) is 4.31 Å². The van der Waals surface area contributed by atoms with Gasteiger partial charge in [-0.2, -0.15) is 0 Å². The lowest BCUT2D eigenvalue weighted by Gasteiger charge is -2.17. The molecule has 0 heterocycles. The highest BCUT2D eigenvalue weighted by Gasteiger charge is 2.21. The predicted molar refractivity (Wildman–Crippen MR) is 109 cm³/mol. The van der Waals surface area contributed by atoms with Crippen LogP contribution >= 0.6 is 0 Å². The molecule has 0 saturated heterocycles. The van der Waals surface area contributed by atoms with Gasteiger partial charge < -0.3 is 4.74 Å². The second-order valence-electron chi connectivity index (χ2n) is 7.30. The number of ketones is 1. The molecule has 0 radical (unpaired) electrons. The average Bonchev–Trinajstić information content (AvgIpc) is 3.20. The Kier molecular flexibility index (Phi) is 6.99. The summed E-state index contributed by atoms with van der Waals surface area (Å²) in [6.45, 7) is -0.241. The maximum Gasteiger partial charge on any atom is 0.306 e. The second-order valence-corrected chi connectivity index (χ2v) is 9.35. The van der Waals surface area contributed by atoms with Crippen molar-refractivity contribution >= 4 is 21.8 Å². The van der Waals surface area contributed by atoms with E-state index in [1.807, 2.05) is 12.1 Å². The first-order chi connectivity index (χ1) is 14.3. The fraction of sp³-hybridized carbons (Fsp3) is 0.364. The van der Waals surface area contributed by atoms with Crippen LogP contribution in [0.25, 0.3) is 0 Å².